The van der Waals surface area contributed by atoms with E-state index in [2.05, 4.69) is 0 Å². The van der Waals surface area contributed by atoms with E-state index in [1.807, 2.05) is 18.9 Å². The van der Waals surface area contributed by atoms with Crippen LogP contribution in [-0.2, 0) is 14.3 Å². The van der Waals surface area contributed by atoms with Crippen LogP contribution in [0, 0.1) is 5.92 Å². The molecule has 5 heteroatoms. The van der Waals surface area contributed by atoms with Crippen LogP contribution in [-0.4, -0.2) is 61.5 Å². The lowest BCUT2D eigenvalue weighted by Gasteiger charge is -2.36. The summed E-state index contributed by atoms with van der Waals surface area (Å²) in [7, 11) is 1.92. The van der Waals surface area contributed by atoms with Gasteiger partial charge in [0.15, 0.2) is 0 Å². The maximum absolute atomic E-state index is 11.5. The number of carbonyl (C=O) groups is 1. The number of aliphatic hydroxyl groups is 1. The molecule has 0 saturated carbocycles. The molecular formula is C13H25NO4. The Morgan fingerprint density at radius 3 is 2.67 bits per heavy atom. The standard InChI is InChI=1S/C13H25NO4/c1-4-18-12(15)11(2)9-14(3)10-13(16)5-7-17-8-6-13/h11,16H,4-10H2,1-3H3. The summed E-state index contributed by atoms with van der Waals surface area (Å²) in [4.78, 5) is 13.5. The van der Waals surface area contributed by atoms with Crippen molar-refractivity contribution < 1.29 is 19.4 Å². The maximum Gasteiger partial charge on any atom is 0.309 e. The van der Waals surface area contributed by atoms with E-state index in [0.717, 1.165) is 0 Å². The van der Waals surface area contributed by atoms with Crippen LogP contribution in [0.3, 0.4) is 0 Å². The quantitative estimate of drug-likeness (QED) is 0.710. The lowest BCUT2D eigenvalue weighted by Crippen LogP contribution is -2.47. The topological polar surface area (TPSA) is 59.0 Å². The Bertz CT molecular complexity index is 264. The molecule has 0 amide bonds. The number of carbonyl (C=O) groups excluding carboxylic acids is 1. The van der Waals surface area contributed by atoms with Gasteiger partial charge in [0.2, 0.25) is 0 Å². The molecule has 1 fully saturated rings. The SMILES string of the molecule is CCOC(=O)C(C)CN(C)CC1(O)CCOCC1. The van der Waals surface area contributed by atoms with Gasteiger partial charge in [-0.15, -0.1) is 0 Å². The number of likely N-dealkylation sites (N-methyl/N-ethyl adjacent to an activating group) is 1. The summed E-state index contributed by atoms with van der Waals surface area (Å²) < 4.78 is 10.2. The summed E-state index contributed by atoms with van der Waals surface area (Å²) >= 11 is 0. The number of rotatable bonds is 6. The average Bonchev–Trinajstić information content (AvgIpc) is 2.29. The summed E-state index contributed by atoms with van der Waals surface area (Å²) in [5, 5.41) is 10.4. The van der Waals surface area contributed by atoms with E-state index in [0.29, 0.717) is 45.8 Å². The van der Waals surface area contributed by atoms with Gasteiger partial charge in [0.25, 0.3) is 0 Å². The van der Waals surface area contributed by atoms with E-state index in [1.165, 1.54) is 0 Å². The minimum absolute atomic E-state index is 0.168. The first kappa shape index (κ1) is 15.4. The largest absolute Gasteiger partial charge is 0.466 e. The Balaban J connectivity index is 2.35. The summed E-state index contributed by atoms with van der Waals surface area (Å²) in [5.41, 5.74) is -0.679. The van der Waals surface area contributed by atoms with Gasteiger partial charge in [0, 0.05) is 39.1 Å². The zero-order chi connectivity index (χ0) is 13.6. The van der Waals surface area contributed by atoms with Crippen LogP contribution >= 0.6 is 0 Å². The molecule has 0 bridgehead atoms. The van der Waals surface area contributed by atoms with Crippen molar-refractivity contribution in [3.63, 3.8) is 0 Å². The second-order valence-electron chi connectivity index (χ2n) is 5.19. The van der Waals surface area contributed by atoms with Crippen LogP contribution in [0.5, 0.6) is 0 Å². The molecule has 1 aliphatic heterocycles. The van der Waals surface area contributed by atoms with Crippen LogP contribution in [0.4, 0.5) is 0 Å². The minimum atomic E-state index is -0.679. The van der Waals surface area contributed by atoms with Crippen LogP contribution < -0.4 is 0 Å². The van der Waals surface area contributed by atoms with E-state index in [-0.39, 0.29) is 11.9 Å². The average molecular weight is 259 g/mol. The second kappa shape index (κ2) is 7.07. The first-order valence-electron chi connectivity index (χ1n) is 6.62. The Labute approximate surface area is 109 Å². The van der Waals surface area contributed by atoms with Crippen molar-refractivity contribution >= 4 is 5.97 Å². The monoisotopic (exact) mass is 259 g/mol. The van der Waals surface area contributed by atoms with Gasteiger partial charge in [0.1, 0.15) is 0 Å². The van der Waals surface area contributed by atoms with Crippen LogP contribution in [0.2, 0.25) is 0 Å². The highest BCUT2D eigenvalue weighted by atomic mass is 16.5. The molecular weight excluding hydrogens is 234 g/mol. The van der Waals surface area contributed by atoms with Crippen LogP contribution in [0.1, 0.15) is 26.7 Å². The third kappa shape index (κ3) is 4.92. The Hall–Kier alpha value is -0.650. The van der Waals surface area contributed by atoms with Crippen LogP contribution in [0.25, 0.3) is 0 Å². The summed E-state index contributed by atoms with van der Waals surface area (Å²) in [6.45, 7) is 6.45. The smallest absolute Gasteiger partial charge is 0.309 e. The lowest BCUT2D eigenvalue weighted by atomic mass is 9.93. The van der Waals surface area contributed by atoms with E-state index in [4.69, 9.17) is 9.47 Å². The van der Waals surface area contributed by atoms with E-state index >= 15 is 0 Å². The van der Waals surface area contributed by atoms with Crippen molar-refractivity contribution in [2.75, 3.05) is 40.0 Å². The number of nitrogens with zero attached hydrogens (tertiary/aromatic N) is 1. The number of hydrogen-bond donors (Lipinski definition) is 1. The van der Waals surface area contributed by atoms with Crippen molar-refractivity contribution in [3.8, 4) is 0 Å². The zero-order valence-electron chi connectivity index (χ0n) is 11.6. The van der Waals surface area contributed by atoms with Gasteiger partial charge in [-0.05, 0) is 14.0 Å². The third-order valence-corrected chi connectivity index (χ3v) is 3.26. The fourth-order valence-electron chi connectivity index (χ4n) is 2.30. The van der Waals surface area contributed by atoms with Gasteiger partial charge in [0.05, 0.1) is 18.1 Å². The fraction of sp³-hybridized carbons (Fsp3) is 0.923. The Kier molecular flexibility index (Phi) is 6.05. The molecule has 1 heterocycles. The van der Waals surface area contributed by atoms with Gasteiger partial charge in [-0.2, -0.15) is 0 Å². The van der Waals surface area contributed by atoms with Gasteiger partial charge >= 0.3 is 5.97 Å². The van der Waals surface area contributed by atoms with E-state index < -0.39 is 5.60 Å². The van der Waals surface area contributed by atoms with Crippen molar-refractivity contribution in [1.82, 2.24) is 4.90 Å². The molecule has 18 heavy (non-hydrogen) atoms. The highest BCUT2D eigenvalue weighted by Crippen LogP contribution is 2.21. The molecule has 0 aromatic rings. The molecule has 0 radical (unpaired) electrons. The van der Waals surface area contributed by atoms with Gasteiger partial charge in [-0.3, -0.25) is 4.79 Å². The Morgan fingerprint density at radius 2 is 2.11 bits per heavy atom. The zero-order valence-corrected chi connectivity index (χ0v) is 11.6. The van der Waals surface area contributed by atoms with Gasteiger partial charge < -0.3 is 19.5 Å². The molecule has 0 spiro atoms. The minimum Gasteiger partial charge on any atom is -0.466 e. The van der Waals surface area contributed by atoms with Crippen molar-refractivity contribution in [3.05, 3.63) is 0 Å². The molecule has 1 unspecified atom stereocenters. The molecule has 1 atom stereocenters. The van der Waals surface area contributed by atoms with E-state index in [1.54, 1.807) is 6.92 Å². The molecule has 1 N–H and O–H groups in total. The van der Waals surface area contributed by atoms with E-state index in [9.17, 15) is 9.90 Å². The predicted molar refractivity (Wildman–Crippen MR) is 68.3 cm³/mol. The first-order chi connectivity index (χ1) is 8.47. The highest BCUT2D eigenvalue weighted by molar-refractivity contribution is 5.72. The predicted octanol–water partition coefficient (Wildman–Crippen LogP) is 0.659. The van der Waals surface area contributed by atoms with Gasteiger partial charge in [-0.1, -0.05) is 6.92 Å². The number of ether oxygens (including phenoxy) is 2. The number of hydrogen-bond acceptors (Lipinski definition) is 5. The molecule has 0 aromatic carbocycles. The second-order valence-corrected chi connectivity index (χ2v) is 5.19. The normalized spacial score (nSPS) is 20.7. The molecule has 106 valence electrons. The molecule has 0 aromatic heterocycles. The molecule has 1 rings (SSSR count). The summed E-state index contributed by atoms with van der Waals surface area (Å²) in [5.74, 6) is -0.346. The van der Waals surface area contributed by atoms with Crippen molar-refractivity contribution in [2.45, 2.75) is 32.3 Å². The Morgan fingerprint density at radius 1 is 1.50 bits per heavy atom. The highest BCUT2D eigenvalue weighted by Gasteiger charge is 2.31. The molecule has 1 saturated heterocycles. The molecule has 0 aliphatic carbocycles. The summed E-state index contributed by atoms with van der Waals surface area (Å²) in [6, 6.07) is 0. The van der Waals surface area contributed by atoms with Gasteiger partial charge in [-0.25, -0.2) is 0 Å². The molecule has 1 aliphatic rings. The third-order valence-electron chi connectivity index (χ3n) is 3.26. The van der Waals surface area contributed by atoms with Crippen LogP contribution in [0.15, 0.2) is 0 Å². The summed E-state index contributed by atoms with van der Waals surface area (Å²) in [6.07, 6.45) is 1.32. The first-order valence-corrected chi connectivity index (χ1v) is 6.62. The van der Waals surface area contributed by atoms with Crippen molar-refractivity contribution in [1.29, 1.82) is 0 Å². The fourth-order valence-corrected chi connectivity index (χ4v) is 2.30. The lowest BCUT2D eigenvalue weighted by molar-refractivity contribution is -0.148. The maximum atomic E-state index is 11.5. The molecule has 5 nitrogen and oxygen atoms in total. The number of esters is 1. The van der Waals surface area contributed by atoms with Crippen molar-refractivity contribution in [2.24, 2.45) is 5.92 Å².